The third-order valence-electron chi connectivity index (χ3n) is 5.32. The number of nitrogens with zero attached hydrogens (tertiary/aromatic N) is 2. The van der Waals surface area contributed by atoms with Crippen molar-refractivity contribution >= 4 is 29.5 Å². The standard InChI is InChI=1S/C25H25F4N5.C4H6F2.C2H6/c1-4-16(2)33-20-11-12-22(26)23(13-20)34-24(32-15-31-19-9-10-19)21(14-30-3)17-5-7-18(8-6-17)25(27,28)29;1-3-4(2,5)6;1-2/h4-8,11-14,19,31,33H,1-3,9-10,15H2,(H,32,34);3H,1H2,2H3;1-2H3/b21-14-;;. The number of rotatable bonds is 11. The Morgan fingerprint density at radius 2 is 1.60 bits per heavy atom. The highest BCUT2D eigenvalue weighted by Gasteiger charge is 2.30. The van der Waals surface area contributed by atoms with Gasteiger partial charge >= 0.3 is 6.18 Å². The number of nitrogens with one attached hydrogen (secondary N) is 3. The van der Waals surface area contributed by atoms with Crippen LogP contribution >= 0.6 is 0 Å². The summed E-state index contributed by atoms with van der Waals surface area (Å²) in [5.41, 5.74) is 1.18. The Kier molecular flexibility index (Phi) is 14.5. The van der Waals surface area contributed by atoms with Gasteiger partial charge in [-0.2, -0.15) is 13.2 Å². The van der Waals surface area contributed by atoms with Crippen LogP contribution in [0.2, 0.25) is 0 Å². The molecule has 0 spiro atoms. The molecule has 1 fully saturated rings. The summed E-state index contributed by atoms with van der Waals surface area (Å²) in [5, 5.41) is 9.18. The van der Waals surface area contributed by atoms with Gasteiger partial charge in [0.1, 0.15) is 11.7 Å². The van der Waals surface area contributed by atoms with Crippen LogP contribution in [0.25, 0.3) is 5.57 Å². The molecule has 0 atom stereocenters. The molecule has 0 bridgehead atoms. The van der Waals surface area contributed by atoms with Gasteiger partial charge in [0.15, 0.2) is 0 Å². The molecule has 1 saturated carbocycles. The van der Waals surface area contributed by atoms with Crippen LogP contribution in [0.15, 0.2) is 96.2 Å². The summed E-state index contributed by atoms with van der Waals surface area (Å²) >= 11 is 0. The van der Waals surface area contributed by atoms with Crippen molar-refractivity contribution in [2.45, 2.75) is 51.8 Å². The zero-order chi connectivity index (χ0) is 31.9. The number of alkyl halides is 5. The topological polar surface area (TPSA) is 60.8 Å². The smallest absolute Gasteiger partial charge is 0.356 e. The summed E-state index contributed by atoms with van der Waals surface area (Å²) in [7, 11) is 0. The first-order chi connectivity index (χ1) is 19.8. The fraction of sp³-hybridized carbons (Fsp3) is 0.290. The minimum atomic E-state index is -4.46. The molecule has 0 radical (unpaired) electrons. The first-order valence-corrected chi connectivity index (χ1v) is 13.1. The fourth-order valence-corrected chi connectivity index (χ4v) is 3.00. The Bertz CT molecular complexity index is 1250. The van der Waals surface area contributed by atoms with Crippen molar-refractivity contribution in [3.63, 3.8) is 0 Å². The van der Waals surface area contributed by atoms with E-state index in [0.29, 0.717) is 34.6 Å². The summed E-state index contributed by atoms with van der Waals surface area (Å²) < 4.78 is 76.4. The van der Waals surface area contributed by atoms with Gasteiger partial charge in [-0.25, -0.2) is 13.2 Å². The number of hydrogen-bond acceptors (Lipinski definition) is 4. The Hall–Kier alpha value is -4.12. The Labute approximate surface area is 243 Å². The first kappa shape index (κ1) is 35.9. The highest BCUT2D eigenvalue weighted by molar-refractivity contribution is 6.28. The van der Waals surface area contributed by atoms with E-state index in [1.165, 1.54) is 36.5 Å². The van der Waals surface area contributed by atoms with Crippen molar-refractivity contribution < 1.29 is 26.3 Å². The van der Waals surface area contributed by atoms with Crippen LogP contribution in [0.1, 0.15) is 44.7 Å². The number of aliphatic imine (C=N–C) groups is 2. The minimum absolute atomic E-state index is 0.105. The van der Waals surface area contributed by atoms with E-state index in [0.717, 1.165) is 31.9 Å². The summed E-state index contributed by atoms with van der Waals surface area (Å²) in [6.45, 7) is 18.8. The molecular weight excluding hydrogens is 556 g/mol. The maximum Gasteiger partial charge on any atom is 0.416 e. The molecule has 228 valence electrons. The minimum Gasteiger partial charge on any atom is -0.356 e. The molecule has 5 nitrogen and oxygen atoms in total. The summed E-state index contributed by atoms with van der Waals surface area (Å²) in [5.74, 6) is -3.02. The Morgan fingerprint density at radius 3 is 2.07 bits per heavy atom. The average Bonchev–Trinajstić information content (AvgIpc) is 3.78. The van der Waals surface area contributed by atoms with Gasteiger partial charge in [0.2, 0.25) is 0 Å². The van der Waals surface area contributed by atoms with Gasteiger partial charge in [-0.05, 0) is 67.6 Å². The van der Waals surface area contributed by atoms with Gasteiger partial charge < -0.3 is 10.6 Å². The molecule has 0 unspecified atom stereocenters. The molecule has 0 amide bonds. The molecule has 0 aliphatic heterocycles. The molecule has 2 aromatic rings. The molecule has 1 aliphatic carbocycles. The van der Waals surface area contributed by atoms with Crippen LogP contribution in [0.4, 0.5) is 37.7 Å². The quantitative estimate of drug-likeness (QED) is 0.0801. The second-order valence-electron chi connectivity index (χ2n) is 8.78. The van der Waals surface area contributed by atoms with Crippen molar-refractivity contribution in [3.05, 3.63) is 103 Å². The van der Waals surface area contributed by atoms with Crippen molar-refractivity contribution in [1.29, 1.82) is 0 Å². The van der Waals surface area contributed by atoms with Gasteiger partial charge in [-0.3, -0.25) is 15.3 Å². The zero-order valence-corrected chi connectivity index (χ0v) is 24.0. The molecular formula is C31H37F6N5. The van der Waals surface area contributed by atoms with E-state index in [1.807, 2.05) is 13.8 Å². The lowest BCUT2D eigenvalue weighted by molar-refractivity contribution is -0.137. The lowest BCUT2D eigenvalue weighted by atomic mass is 10.0. The second-order valence-corrected chi connectivity index (χ2v) is 8.78. The zero-order valence-electron chi connectivity index (χ0n) is 24.0. The molecule has 0 aromatic heterocycles. The molecule has 2 aromatic carbocycles. The molecule has 3 N–H and O–H groups in total. The van der Waals surface area contributed by atoms with E-state index in [1.54, 1.807) is 6.07 Å². The normalized spacial score (nSPS) is 13.5. The number of halogens is 6. The van der Waals surface area contributed by atoms with Crippen LogP contribution in [0, 0.1) is 5.82 Å². The number of hydrogen-bond donors (Lipinski definition) is 3. The van der Waals surface area contributed by atoms with Gasteiger partial charge in [-0.1, -0.05) is 45.7 Å². The molecule has 1 aliphatic rings. The Morgan fingerprint density at radius 1 is 1.00 bits per heavy atom. The fourth-order valence-electron chi connectivity index (χ4n) is 3.00. The van der Waals surface area contributed by atoms with Gasteiger partial charge in [-0.15, -0.1) is 0 Å². The predicted octanol–water partition coefficient (Wildman–Crippen LogP) is 9.07. The van der Waals surface area contributed by atoms with Crippen molar-refractivity contribution in [2.75, 3.05) is 17.3 Å². The molecule has 42 heavy (non-hydrogen) atoms. The largest absolute Gasteiger partial charge is 0.416 e. The van der Waals surface area contributed by atoms with Crippen LogP contribution in [0.3, 0.4) is 0 Å². The molecule has 0 saturated heterocycles. The van der Waals surface area contributed by atoms with E-state index in [9.17, 15) is 26.3 Å². The maximum atomic E-state index is 14.7. The van der Waals surface area contributed by atoms with E-state index >= 15 is 0 Å². The van der Waals surface area contributed by atoms with E-state index in [-0.39, 0.29) is 18.2 Å². The van der Waals surface area contributed by atoms with E-state index in [4.69, 9.17) is 0 Å². The van der Waals surface area contributed by atoms with Crippen LogP contribution in [-0.4, -0.2) is 31.2 Å². The van der Waals surface area contributed by atoms with Crippen molar-refractivity contribution in [3.8, 4) is 0 Å². The number of benzene rings is 2. The summed E-state index contributed by atoms with van der Waals surface area (Å²) in [6, 6.07) is 9.28. The van der Waals surface area contributed by atoms with Crippen molar-refractivity contribution in [1.82, 2.24) is 5.32 Å². The lowest BCUT2D eigenvalue weighted by Gasteiger charge is -2.16. The number of amidine groups is 1. The average molecular weight is 594 g/mol. The monoisotopic (exact) mass is 593 g/mol. The maximum absolute atomic E-state index is 14.7. The van der Waals surface area contributed by atoms with Gasteiger partial charge in [0.25, 0.3) is 5.92 Å². The molecule has 0 heterocycles. The molecule has 3 rings (SSSR count). The summed E-state index contributed by atoms with van der Waals surface area (Å²) in [6.07, 6.45) is 1.12. The highest BCUT2D eigenvalue weighted by atomic mass is 19.4. The predicted molar refractivity (Wildman–Crippen MR) is 163 cm³/mol. The van der Waals surface area contributed by atoms with Gasteiger partial charge in [0.05, 0.1) is 17.9 Å². The lowest BCUT2D eigenvalue weighted by Crippen LogP contribution is -2.22. The number of allylic oxidation sites excluding steroid dienone is 2. The van der Waals surface area contributed by atoms with E-state index in [2.05, 4.69) is 52.4 Å². The van der Waals surface area contributed by atoms with Crippen LogP contribution in [0.5, 0.6) is 0 Å². The SMILES string of the molecule is C=CC(=C)Nc1ccc(F)c(NC(=N/CNC2CC2)/C(=C\N=C)c2ccc(C(F)(F)F)cc2)c1.C=CC(C)(F)F.CC. The Balaban J connectivity index is 0.000000979. The van der Waals surface area contributed by atoms with E-state index < -0.39 is 23.5 Å². The molecule has 11 heteroatoms. The van der Waals surface area contributed by atoms with Gasteiger partial charge in [0, 0.05) is 36.1 Å². The van der Waals surface area contributed by atoms with Crippen LogP contribution in [-0.2, 0) is 6.18 Å². The first-order valence-electron chi connectivity index (χ1n) is 13.1. The summed E-state index contributed by atoms with van der Waals surface area (Å²) in [4.78, 5) is 8.30. The second kappa shape index (κ2) is 17.0. The third-order valence-corrected chi connectivity index (χ3v) is 5.32. The van der Waals surface area contributed by atoms with Crippen LogP contribution < -0.4 is 16.0 Å². The highest BCUT2D eigenvalue weighted by Crippen LogP contribution is 2.31. The van der Waals surface area contributed by atoms with Crippen molar-refractivity contribution in [2.24, 2.45) is 9.98 Å². The number of anilines is 2. The third kappa shape index (κ3) is 13.0.